The second-order valence-corrected chi connectivity index (χ2v) is 7.22. The van der Waals surface area contributed by atoms with E-state index < -0.39 is 0 Å². The van der Waals surface area contributed by atoms with Gasteiger partial charge in [0.05, 0.1) is 5.69 Å². The second-order valence-electron chi connectivity index (χ2n) is 7.22. The van der Waals surface area contributed by atoms with E-state index >= 15 is 0 Å². The smallest absolute Gasteiger partial charge is 0.225 e. The molecule has 4 aromatic rings. The third-order valence-corrected chi connectivity index (χ3v) is 5.47. The van der Waals surface area contributed by atoms with Crippen LogP contribution in [0, 0.1) is 0 Å². The van der Waals surface area contributed by atoms with Crippen LogP contribution in [0.4, 0.5) is 5.95 Å². The number of piperazine rings is 1. The molecule has 0 aliphatic carbocycles. The molecule has 5 rings (SSSR count). The Bertz CT molecular complexity index is 1110. The lowest BCUT2D eigenvalue weighted by atomic mass is 9.95. The van der Waals surface area contributed by atoms with Crippen molar-refractivity contribution < 1.29 is 0 Å². The Morgan fingerprint density at radius 3 is 2.30 bits per heavy atom. The topological polar surface area (TPSA) is 32.3 Å². The van der Waals surface area contributed by atoms with Gasteiger partial charge >= 0.3 is 0 Å². The van der Waals surface area contributed by atoms with Gasteiger partial charge in [0, 0.05) is 37.9 Å². The normalized spacial score (nSPS) is 15.5. The molecule has 0 bridgehead atoms. The third kappa shape index (κ3) is 2.92. The van der Waals surface area contributed by atoms with Crippen LogP contribution in [0.1, 0.15) is 0 Å². The van der Waals surface area contributed by atoms with Crippen molar-refractivity contribution in [3.8, 4) is 11.3 Å². The Balaban J connectivity index is 1.66. The van der Waals surface area contributed by atoms with Gasteiger partial charge < -0.3 is 9.80 Å². The number of likely N-dealkylation sites (N-methyl/N-ethyl adjacent to an activating group) is 1. The second kappa shape index (κ2) is 6.63. The van der Waals surface area contributed by atoms with Gasteiger partial charge in [-0.25, -0.2) is 9.97 Å². The first-order valence-corrected chi connectivity index (χ1v) is 9.47. The van der Waals surface area contributed by atoms with Crippen LogP contribution in [-0.2, 0) is 0 Å². The quantitative estimate of drug-likeness (QED) is 0.505. The zero-order valence-electron chi connectivity index (χ0n) is 15.5. The molecule has 4 nitrogen and oxygen atoms in total. The van der Waals surface area contributed by atoms with E-state index in [2.05, 4.69) is 76.4 Å². The molecule has 0 atom stereocenters. The molecule has 0 saturated carbocycles. The van der Waals surface area contributed by atoms with Gasteiger partial charge in [-0.2, -0.15) is 0 Å². The van der Waals surface area contributed by atoms with Crippen molar-refractivity contribution in [1.82, 2.24) is 14.9 Å². The first-order chi connectivity index (χ1) is 13.3. The van der Waals surface area contributed by atoms with Crippen molar-refractivity contribution in [3.63, 3.8) is 0 Å². The van der Waals surface area contributed by atoms with Crippen LogP contribution >= 0.6 is 0 Å². The summed E-state index contributed by atoms with van der Waals surface area (Å²) in [5.41, 5.74) is 2.16. The van der Waals surface area contributed by atoms with Crippen LogP contribution in [0.15, 0.2) is 66.9 Å². The van der Waals surface area contributed by atoms with Gasteiger partial charge in [0.25, 0.3) is 0 Å². The van der Waals surface area contributed by atoms with Gasteiger partial charge in [-0.05, 0) is 40.7 Å². The molecule has 4 heteroatoms. The summed E-state index contributed by atoms with van der Waals surface area (Å²) in [6, 6.07) is 21.4. The number of nitrogens with zero attached hydrogens (tertiary/aromatic N) is 4. The van der Waals surface area contributed by atoms with Crippen molar-refractivity contribution in [2.45, 2.75) is 0 Å². The van der Waals surface area contributed by atoms with Gasteiger partial charge in [0.1, 0.15) is 0 Å². The van der Waals surface area contributed by atoms with Gasteiger partial charge in [-0.3, -0.25) is 0 Å². The minimum absolute atomic E-state index is 0.831. The highest BCUT2D eigenvalue weighted by atomic mass is 15.3. The molecule has 0 unspecified atom stereocenters. The van der Waals surface area contributed by atoms with E-state index in [1.54, 1.807) is 0 Å². The molecule has 1 saturated heterocycles. The number of rotatable bonds is 2. The molecule has 0 amide bonds. The molecular formula is C23H22N4. The largest absolute Gasteiger partial charge is 0.338 e. The van der Waals surface area contributed by atoms with E-state index in [-0.39, 0.29) is 0 Å². The van der Waals surface area contributed by atoms with Crippen LogP contribution in [0.5, 0.6) is 0 Å². The van der Waals surface area contributed by atoms with Crippen molar-refractivity contribution in [2.24, 2.45) is 0 Å². The number of aromatic nitrogens is 2. The van der Waals surface area contributed by atoms with E-state index in [1.807, 2.05) is 12.3 Å². The number of benzene rings is 3. The maximum Gasteiger partial charge on any atom is 0.225 e. The summed E-state index contributed by atoms with van der Waals surface area (Å²) < 4.78 is 0. The standard InChI is InChI=1S/C23H22N4/c1-26-12-14-27(15-13-26)23-24-11-10-22(25-23)21-16-17-6-2-3-7-18(17)19-8-4-5-9-20(19)21/h2-11,16H,12-15H2,1H3. The lowest BCUT2D eigenvalue weighted by molar-refractivity contribution is 0.311. The lowest BCUT2D eigenvalue weighted by Crippen LogP contribution is -2.45. The van der Waals surface area contributed by atoms with Crippen LogP contribution in [0.25, 0.3) is 32.8 Å². The summed E-state index contributed by atoms with van der Waals surface area (Å²) in [4.78, 5) is 14.1. The summed E-state index contributed by atoms with van der Waals surface area (Å²) in [5.74, 6) is 0.831. The summed E-state index contributed by atoms with van der Waals surface area (Å²) in [5, 5.41) is 5.03. The molecule has 3 aromatic carbocycles. The van der Waals surface area contributed by atoms with Crippen molar-refractivity contribution in [1.29, 1.82) is 0 Å². The third-order valence-electron chi connectivity index (χ3n) is 5.47. The van der Waals surface area contributed by atoms with Gasteiger partial charge in [-0.1, -0.05) is 48.5 Å². The van der Waals surface area contributed by atoms with Crippen LogP contribution in [0.2, 0.25) is 0 Å². The lowest BCUT2D eigenvalue weighted by Gasteiger charge is -2.32. The average molecular weight is 354 g/mol. The molecule has 0 N–H and O–H groups in total. The molecule has 1 aromatic heterocycles. The van der Waals surface area contributed by atoms with E-state index in [4.69, 9.17) is 4.98 Å². The minimum Gasteiger partial charge on any atom is -0.338 e. The number of hydrogen-bond donors (Lipinski definition) is 0. The van der Waals surface area contributed by atoms with Crippen molar-refractivity contribution in [2.75, 3.05) is 38.1 Å². The fraction of sp³-hybridized carbons (Fsp3) is 0.217. The SMILES string of the molecule is CN1CCN(c2nccc(-c3cc4ccccc4c4ccccc34)n2)CC1. The van der Waals surface area contributed by atoms with Gasteiger partial charge in [0.15, 0.2) is 0 Å². The van der Waals surface area contributed by atoms with E-state index in [0.29, 0.717) is 0 Å². The highest BCUT2D eigenvalue weighted by Crippen LogP contribution is 2.34. The van der Waals surface area contributed by atoms with Crippen molar-refractivity contribution in [3.05, 3.63) is 66.9 Å². The van der Waals surface area contributed by atoms with Gasteiger partial charge in [-0.15, -0.1) is 0 Å². The minimum atomic E-state index is 0.831. The number of fused-ring (bicyclic) bond motifs is 3. The fourth-order valence-corrected chi connectivity index (χ4v) is 3.92. The maximum absolute atomic E-state index is 4.94. The zero-order chi connectivity index (χ0) is 18.2. The Labute approximate surface area is 159 Å². The Kier molecular flexibility index (Phi) is 3.98. The van der Waals surface area contributed by atoms with Crippen LogP contribution < -0.4 is 4.90 Å². The fourth-order valence-electron chi connectivity index (χ4n) is 3.92. The number of hydrogen-bond acceptors (Lipinski definition) is 4. The molecule has 134 valence electrons. The maximum atomic E-state index is 4.94. The Morgan fingerprint density at radius 1 is 0.778 bits per heavy atom. The van der Waals surface area contributed by atoms with Gasteiger partial charge in [0.2, 0.25) is 5.95 Å². The predicted octanol–water partition coefficient (Wildman–Crippen LogP) is 4.20. The van der Waals surface area contributed by atoms with E-state index in [0.717, 1.165) is 37.8 Å². The molecule has 0 spiro atoms. The van der Waals surface area contributed by atoms with E-state index in [1.165, 1.54) is 27.1 Å². The summed E-state index contributed by atoms with van der Waals surface area (Å²) in [7, 11) is 2.16. The summed E-state index contributed by atoms with van der Waals surface area (Å²) >= 11 is 0. The summed E-state index contributed by atoms with van der Waals surface area (Å²) in [6.07, 6.45) is 1.89. The molecule has 1 fully saturated rings. The van der Waals surface area contributed by atoms with E-state index in [9.17, 15) is 0 Å². The first kappa shape index (κ1) is 16.2. The molecular weight excluding hydrogens is 332 g/mol. The molecule has 2 heterocycles. The molecule has 0 radical (unpaired) electrons. The Hall–Kier alpha value is -2.98. The molecule has 1 aliphatic heterocycles. The predicted molar refractivity (Wildman–Crippen MR) is 112 cm³/mol. The average Bonchev–Trinajstić information content (AvgIpc) is 2.74. The van der Waals surface area contributed by atoms with Crippen LogP contribution in [-0.4, -0.2) is 48.1 Å². The summed E-state index contributed by atoms with van der Waals surface area (Å²) in [6.45, 7) is 4.04. The number of anilines is 1. The van der Waals surface area contributed by atoms with Crippen LogP contribution in [0.3, 0.4) is 0 Å². The monoisotopic (exact) mass is 354 g/mol. The highest BCUT2D eigenvalue weighted by molar-refractivity contribution is 6.13. The first-order valence-electron chi connectivity index (χ1n) is 9.47. The van der Waals surface area contributed by atoms with Crippen molar-refractivity contribution >= 4 is 27.5 Å². The highest BCUT2D eigenvalue weighted by Gasteiger charge is 2.17. The Morgan fingerprint density at radius 2 is 1.48 bits per heavy atom. The molecule has 1 aliphatic rings. The zero-order valence-corrected chi connectivity index (χ0v) is 15.5. The molecule has 27 heavy (non-hydrogen) atoms.